The third kappa shape index (κ3) is 3.19. The Morgan fingerprint density at radius 1 is 1.25 bits per heavy atom. The van der Waals surface area contributed by atoms with E-state index in [1.54, 1.807) is 0 Å². The van der Waals surface area contributed by atoms with Gasteiger partial charge in [-0.2, -0.15) is 0 Å². The van der Waals surface area contributed by atoms with Crippen LogP contribution in [0.3, 0.4) is 0 Å². The van der Waals surface area contributed by atoms with Crippen LogP contribution in [-0.2, 0) is 5.41 Å². The van der Waals surface area contributed by atoms with Gasteiger partial charge in [-0.1, -0.05) is 30.2 Å². The van der Waals surface area contributed by atoms with Gasteiger partial charge in [-0.15, -0.1) is 0 Å². The summed E-state index contributed by atoms with van der Waals surface area (Å²) >= 11 is 6.02. The summed E-state index contributed by atoms with van der Waals surface area (Å²) in [6.07, 6.45) is 4.42. The Labute approximate surface area is 127 Å². The fraction of sp³-hybridized carbons (Fsp3) is 0.647. The smallest absolute Gasteiger partial charge is 0.0607 e. The molecule has 1 fully saturated rings. The number of hydrogen-bond donors (Lipinski definition) is 1. The lowest BCUT2D eigenvalue weighted by Gasteiger charge is -2.52. The first-order valence-corrected chi connectivity index (χ1v) is 7.77. The second kappa shape index (κ2) is 5.67. The lowest BCUT2D eigenvalue weighted by atomic mass is 9.58. The summed E-state index contributed by atoms with van der Waals surface area (Å²) in [5.41, 5.74) is 0.869. The van der Waals surface area contributed by atoms with E-state index in [0.717, 1.165) is 11.4 Å². The summed E-state index contributed by atoms with van der Waals surface area (Å²) in [5, 5.41) is 11.0. The lowest BCUT2D eigenvalue weighted by Crippen LogP contribution is -2.54. The van der Waals surface area contributed by atoms with Gasteiger partial charge >= 0.3 is 0 Å². The second-order valence-corrected chi connectivity index (χ2v) is 7.45. The Balaban J connectivity index is 2.34. The summed E-state index contributed by atoms with van der Waals surface area (Å²) in [5.74, 6) is 0. The van der Waals surface area contributed by atoms with Crippen molar-refractivity contribution in [2.24, 2.45) is 0 Å². The van der Waals surface area contributed by atoms with Crippen LogP contribution in [-0.4, -0.2) is 35.7 Å². The number of aliphatic hydroxyl groups is 1. The molecule has 1 atom stereocenters. The molecule has 112 valence electrons. The maximum atomic E-state index is 10.3. The summed E-state index contributed by atoms with van der Waals surface area (Å²) in [4.78, 5) is 2.27. The molecule has 0 spiro atoms. The normalized spacial score (nSPS) is 19.8. The van der Waals surface area contributed by atoms with Crippen LogP contribution in [0.15, 0.2) is 24.3 Å². The fourth-order valence-electron chi connectivity index (χ4n) is 3.50. The van der Waals surface area contributed by atoms with Gasteiger partial charge in [0.1, 0.15) is 0 Å². The molecule has 0 saturated heterocycles. The van der Waals surface area contributed by atoms with E-state index in [1.807, 2.05) is 26.0 Å². The molecule has 0 heterocycles. The van der Waals surface area contributed by atoms with E-state index in [2.05, 4.69) is 31.1 Å². The Morgan fingerprint density at radius 3 is 2.15 bits per heavy atom. The van der Waals surface area contributed by atoms with Crippen LogP contribution < -0.4 is 0 Å². The first-order valence-electron chi connectivity index (χ1n) is 7.39. The molecule has 1 N–H and O–H groups in total. The van der Waals surface area contributed by atoms with Gasteiger partial charge in [0.2, 0.25) is 0 Å². The Morgan fingerprint density at radius 2 is 1.80 bits per heavy atom. The van der Waals surface area contributed by atoms with E-state index in [4.69, 9.17) is 11.6 Å². The van der Waals surface area contributed by atoms with Gasteiger partial charge in [-0.05, 0) is 64.9 Å². The topological polar surface area (TPSA) is 23.5 Å². The monoisotopic (exact) mass is 295 g/mol. The minimum absolute atomic E-state index is 0.161. The van der Waals surface area contributed by atoms with Crippen LogP contribution in [0, 0.1) is 0 Å². The van der Waals surface area contributed by atoms with Crippen molar-refractivity contribution in [1.82, 2.24) is 4.90 Å². The molecule has 2 nitrogen and oxygen atoms in total. The number of benzene rings is 1. The molecule has 0 aromatic heterocycles. The number of halogens is 1. The SMILES string of the molecule is CN(C)C(CC(C)(C)O)C1(c2ccc(Cl)cc2)CCC1. The van der Waals surface area contributed by atoms with Gasteiger partial charge in [-0.25, -0.2) is 0 Å². The van der Waals surface area contributed by atoms with E-state index in [-0.39, 0.29) is 5.41 Å². The van der Waals surface area contributed by atoms with E-state index in [0.29, 0.717) is 6.04 Å². The standard InChI is InChI=1S/C17H26ClNO/c1-16(2,20)12-15(19(3)4)17(10-5-11-17)13-6-8-14(18)9-7-13/h6-9,15,20H,5,10-12H2,1-4H3. The highest BCUT2D eigenvalue weighted by Crippen LogP contribution is 2.49. The first kappa shape index (κ1) is 15.8. The molecule has 1 saturated carbocycles. The van der Waals surface area contributed by atoms with E-state index in [9.17, 15) is 5.11 Å². The van der Waals surface area contributed by atoms with Crippen molar-refractivity contribution < 1.29 is 5.11 Å². The highest BCUT2D eigenvalue weighted by Gasteiger charge is 2.47. The highest BCUT2D eigenvalue weighted by atomic mass is 35.5. The van der Waals surface area contributed by atoms with Crippen molar-refractivity contribution in [1.29, 1.82) is 0 Å². The molecule has 0 radical (unpaired) electrons. The highest BCUT2D eigenvalue weighted by molar-refractivity contribution is 6.30. The van der Waals surface area contributed by atoms with Crippen LogP contribution in [0.2, 0.25) is 5.02 Å². The molecule has 20 heavy (non-hydrogen) atoms. The molecular formula is C17H26ClNO. The van der Waals surface area contributed by atoms with Crippen molar-refractivity contribution in [2.75, 3.05) is 14.1 Å². The van der Waals surface area contributed by atoms with Gasteiger partial charge in [0, 0.05) is 16.5 Å². The maximum Gasteiger partial charge on any atom is 0.0607 e. The summed E-state index contributed by atoms with van der Waals surface area (Å²) in [7, 11) is 4.23. The molecule has 2 rings (SSSR count). The molecule has 0 aliphatic heterocycles. The van der Waals surface area contributed by atoms with E-state index < -0.39 is 5.60 Å². The van der Waals surface area contributed by atoms with E-state index >= 15 is 0 Å². The average Bonchev–Trinajstić information content (AvgIpc) is 2.27. The molecule has 1 aliphatic rings. The quantitative estimate of drug-likeness (QED) is 0.892. The van der Waals surface area contributed by atoms with Crippen LogP contribution in [0.1, 0.15) is 45.1 Å². The number of likely N-dealkylation sites (N-methyl/N-ethyl adjacent to an activating group) is 1. The summed E-state index contributed by atoms with van der Waals surface area (Å²) in [6, 6.07) is 8.61. The van der Waals surface area contributed by atoms with Crippen molar-refractivity contribution >= 4 is 11.6 Å². The molecular weight excluding hydrogens is 270 g/mol. The minimum Gasteiger partial charge on any atom is -0.390 e. The number of nitrogens with zero attached hydrogens (tertiary/aromatic N) is 1. The van der Waals surface area contributed by atoms with Crippen LogP contribution in [0.4, 0.5) is 0 Å². The average molecular weight is 296 g/mol. The van der Waals surface area contributed by atoms with Crippen LogP contribution in [0.5, 0.6) is 0 Å². The van der Waals surface area contributed by atoms with Crippen LogP contribution in [0.25, 0.3) is 0 Å². The molecule has 1 unspecified atom stereocenters. The van der Waals surface area contributed by atoms with E-state index in [1.165, 1.54) is 24.8 Å². The third-order valence-corrected chi connectivity index (χ3v) is 4.87. The van der Waals surface area contributed by atoms with Gasteiger partial charge in [-0.3, -0.25) is 0 Å². The summed E-state index contributed by atoms with van der Waals surface area (Å²) in [6.45, 7) is 3.80. The van der Waals surface area contributed by atoms with Crippen molar-refractivity contribution in [2.45, 2.75) is 56.6 Å². The molecule has 3 heteroatoms. The zero-order valence-electron chi connectivity index (χ0n) is 13.0. The molecule has 0 bridgehead atoms. The molecule has 0 amide bonds. The minimum atomic E-state index is -0.649. The predicted molar refractivity (Wildman–Crippen MR) is 85.4 cm³/mol. The van der Waals surface area contributed by atoms with Gasteiger partial charge in [0.25, 0.3) is 0 Å². The van der Waals surface area contributed by atoms with Crippen molar-refractivity contribution in [3.8, 4) is 0 Å². The zero-order chi connectivity index (χ0) is 15.0. The maximum absolute atomic E-state index is 10.3. The number of rotatable bonds is 5. The molecule has 1 aliphatic carbocycles. The zero-order valence-corrected chi connectivity index (χ0v) is 13.7. The molecule has 1 aromatic carbocycles. The van der Waals surface area contributed by atoms with Gasteiger partial charge in [0.15, 0.2) is 0 Å². The summed E-state index contributed by atoms with van der Waals surface area (Å²) < 4.78 is 0. The van der Waals surface area contributed by atoms with Gasteiger partial charge in [0.05, 0.1) is 5.60 Å². The van der Waals surface area contributed by atoms with Crippen molar-refractivity contribution in [3.05, 3.63) is 34.9 Å². The third-order valence-electron chi connectivity index (χ3n) is 4.62. The molecule has 1 aromatic rings. The lowest BCUT2D eigenvalue weighted by molar-refractivity contribution is 0.00177. The Bertz CT molecular complexity index is 443. The largest absolute Gasteiger partial charge is 0.390 e. The Kier molecular flexibility index (Phi) is 4.48. The van der Waals surface area contributed by atoms with Crippen LogP contribution >= 0.6 is 11.6 Å². The fourth-order valence-corrected chi connectivity index (χ4v) is 3.63. The predicted octanol–water partition coefficient (Wildman–Crippen LogP) is 3.85. The first-order chi connectivity index (χ1) is 9.24. The second-order valence-electron chi connectivity index (χ2n) is 7.01. The number of hydrogen-bond acceptors (Lipinski definition) is 2. The van der Waals surface area contributed by atoms with Crippen molar-refractivity contribution in [3.63, 3.8) is 0 Å². The Hall–Kier alpha value is -0.570. The van der Waals surface area contributed by atoms with Gasteiger partial charge < -0.3 is 10.0 Å².